The number of hydrogen-bond acceptors (Lipinski definition) is 4. The Hall–Kier alpha value is -0.590. The molecule has 1 rings (SSSR count). The van der Waals surface area contributed by atoms with E-state index in [-0.39, 0.29) is 5.75 Å². The Morgan fingerprint density at radius 1 is 1.44 bits per heavy atom. The van der Waals surface area contributed by atoms with E-state index >= 15 is 0 Å². The van der Waals surface area contributed by atoms with Gasteiger partial charge in [0.1, 0.15) is 11.5 Å². The maximum absolute atomic E-state index is 12.0. The summed E-state index contributed by atoms with van der Waals surface area (Å²) in [5.41, 5.74) is -0.735. The van der Waals surface area contributed by atoms with Crippen LogP contribution in [0.5, 0.6) is 0 Å². The molecule has 0 aliphatic carbocycles. The maximum Gasteiger partial charge on any atom is 0.284 e. The summed E-state index contributed by atoms with van der Waals surface area (Å²) in [5.74, 6) is -0.980. The largest absolute Gasteiger partial charge is 0.464 e. The second-order valence-electron chi connectivity index (χ2n) is 4.39. The van der Waals surface area contributed by atoms with Crippen molar-refractivity contribution in [1.82, 2.24) is 5.32 Å². The van der Waals surface area contributed by atoms with Gasteiger partial charge in [0.15, 0.2) is 0 Å². The summed E-state index contributed by atoms with van der Waals surface area (Å²) in [4.78, 5) is 0. The van der Waals surface area contributed by atoms with Crippen LogP contribution in [0.4, 0.5) is 8.78 Å². The molecule has 1 atom stereocenters. The highest BCUT2D eigenvalue weighted by Crippen LogP contribution is 2.21. The van der Waals surface area contributed by atoms with Crippen LogP contribution in [0.1, 0.15) is 31.8 Å². The number of hydrogen-bond donors (Lipinski definition) is 2. The molecule has 1 unspecified atom stereocenters. The van der Waals surface area contributed by atoms with Crippen molar-refractivity contribution in [2.24, 2.45) is 0 Å². The second-order valence-corrected chi connectivity index (χ2v) is 5.37. The van der Waals surface area contributed by atoms with E-state index in [1.165, 1.54) is 0 Å². The average molecular weight is 279 g/mol. The molecule has 0 radical (unpaired) electrons. The molecular weight excluding hydrogens is 260 g/mol. The van der Waals surface area contributed by atoms with E-state index in [0.717, 1.165) is 0 Å². The third-order valence-electron chi connectivity index (χ3n) is 2.64. The Labute approximate surface area is 110 Å². The van der Waals surface area contributed by atoms with Crippen LogP contribution < -0.4 is 5.32 Å². The molecular formula is C12H19F2NO2S. The van der Waals surface area contributed by atoms with E-state index in [0.29, 0.717) is 42.8 Å². The van der Waals surface area contributed by atoms with Crippen molar-refractivity contribution in [3.05, 3.63) is 23.7 Å². The Bertz CT molecular complexity index is 356. The summed E-state index contributed by atoms with van der Waals surface area (Å²) in [5, 5.41) is 12.8. The first kappa shape index (κ1) is 15.5. The monoisotopic (exact) mass is 279 g/mol. The van der Waals surface area contributed by atoms with Crippen molar-refractivity contribution in [3.8, 4) is 0 Å². The van der Waals surface area contributed by atoms with Gasteiger partial charge in [0.2, 0.25) is 0 Å². The van der Waals surface area contributed by atoms with Gasteiger partial charge in [-0.05, 0) is 25.5 Å². The number of furan rings is 1. The Morgan fingerprint density at radius 3 is 2.72 bits per heavy atom. The molecule has 0 saturated carbocycles. The van der Waals surface area contributed by atoms with Gasteiger partial charge in [-0.3, -0.25) is 0 Å². The quantitative estimate of drug-likeness (QED) is 0.768. The van der Waals surface area contributed by atoms with Crippen molar-refractivity contribution >= 4 is 11.8 Å². The third-order valence-corrected chi connectivity index (χ3v) is 3.34. The van der Waals surface area contributed by atoms with Gasteiger partial charge < -0.3 is 14.8 Å². The number of thioether (sulfide) groups is 1. The molecule has 0 aromatic carbocycles. The van der Waals surface area contributed by atoms with Crippen LogP contribution in [-0.2, 0) is 12.3 Å². The lowest BCUT2D eigenvalue weighted by Gasteiger charge is -2.21. The maximum atomic E-state index is 12.0. The SMILES string of the molecule is CCC(C)(O)CNCc1ccc(CSC(F)F)o1. The number of alkyl halides is 2. The van der Waals surface area contributed by atoms with E-state index in [4.69, 9.17) is 4.42 Å². The Morgan fingerprint density at radius 2 is 2.11 bits per heavy atom. The molecule has 1 heterocycles. The molecule has 18 heavy (non-hydrogen) atoms. The van der Waals surface area contributed by atoms with Crippen LogP contribution >= 0.6 is 11.8 Å². The summed E-state index contributed by atoms with van der Waals surface area (Å²) >= 11 is 0.542. The van der Waals surface area contributed by atoms with Crippen LogP contribution in [0, 0.1) is 0 Å². The number of aliphatic hydroxyl groups is 1. The van der Waals surface area contributed by atoms with Gasteiger partial charge in [0.05, 0.1) is 17.9 Å². The molecule has 3 nitrogen and oxygen atoms in total. The highest BCUT2D eigenvalue weighted by atomic mass is 32.2. The smallest absolute Gasteiger partial charge is 0.284 e. The summed E-state index contributed by atoms with van der Waals surface area (Å²) in [7, 11) is 0. The molecule has 0 bridgehead atoms. The lowest BCUT2D eigenvalue weighted by molar-refractivity contribution is 0.0551. The minimum atomic E-state index is -2.38. The second kappa shape index (κ2) is 7.11. The van der Waals surface area contributed by atoms with Gasteiger partial charge in [-0.15, -0.1) is 0 Å². The highest BCUT2D eigenvalue weighted by Gasteiger charge is 2.16. The van der Waals surface area contributed by atoms with E-state index in [2.05, 4.69) is 5.32 Å². The lowest BCUT2D eigenvalue weighted by atomic mass is 10.0. The fraction of sp³-hybridized carbons (Fsp3) is 0.667. The van der Waals surface area contributed by atoms with Crippen molar-refractivity contribution < 1.29 is 18.3 Å². The predicted octanol–water partition coefficient (Wildman–Crippen LogP) is 2.99. The molecule has 104 valence electrons. The normalized spacial score (nSPS) is 15.0. The summed E-state index contributed by atoms with van der Waals surface area (Å²) in [6.07, 6.45) is 0.661. The molecule has 1 aromatic heterocycles. The minimum absolute atomic E-state index is 0.171. The summed E-state index contributed by atoms with van der Waals surface area (Å²) in [6, 6.07) is 3.46. The first-order chi connectivity index (χ1) is 8.43. The molecule has 0 aliphatic rings. The molecule has 2 N–H and O–H groups in total. The Balaban J connectivity index is 2.31. The molecule has 0 spiro atoms. The van der Waals surface area contributed by atoms with Gasteiger partial charge in [-0.25, -0.2) is 0 Å². The zero-order valence-corrected chi connectivity index (χ0v) is 11.4. The van der Waals surface area contributed by atoms with Crippen LogP contribution in [0.3, 0.4) is 0 Å². The highest BCUT2D eigenvalue weighted by molar-refractivity contribution is 7.98. The molecule has 0 fully saturated rings. The fourth-order valence-corrected chi connectivity index (χ4v) is 1.77. The Kier molecular flexibility index (Phi) is 6.11. The molecule has 0 aliphatic heterocycles. The first-order valence-electron chi connectivity index (χ1n) is 5.83. The lowest BCUT2D eigenvalue weighted by Crippen LogP contribution is -2.36. The van der Waals surface area contributed by atoms with Crippen LogP contribution in [0.15, 0.2) is 16.5 Å². The van der Waals surface area contributed by atoms with Crippen molar-refractivity contribution in [2.45, 2.75) is 43.9 Å². The predicted molar refractivity (Wildman–Crippen MR) is 68.6 cm³/mol. The van der Waals surface area contributed by atoms with Crippen LogP contribution in [0.25, 0.3) is 0 Å². The zero-order chi connectivity index (χ0) is 13.6. The number of nitrogens with one attached hydrogen (secondary N) is 1. The number of halogens is 2. The van der Waals surface area contributed by atoms with Crippen LogP contribution in [0.2, 0.25) is 0 Å². The van der Waals surface area contributed by atoms with Gasteiger partial charge in [0, 0.05) is 6.54 Å². The van der Waals surface area contributed by atoms with E-state index < -0.39 is 11.4 Å². The van der Waals surface area contributed by atoms with Crippen LogP contribution in [-0.4, -0.2) is 23.0 Å². The van der Waals surface area contributed by atoms with Gasteiger partial charge >= 0.3 is 0 Å². The standard InChI is InChI=1S/C12H19F2NO2S/c1-3-12(2,16)8-15-6-9-4-5-10(17-9)7-18-11(13)14/h4-5,11,15-16H,3,6-8H2,1-2H3. The minimum Gasteiger partial charge on any atom is -0.464 e. The zero-order valence-electron chi connectivity index (χ0n) is 10.6. The van der Waals surface area contributed by atoms with E-state index in [1.54, 1.807) is 19.1 Å². The number of rotatable bonds is 8. The van der Waals surface area contributed by atoms with Gasteiger partial charge in [-0.1, -0.05) is 18.7 Å². The molecule has 6 heteroatoms. The van der Waals surface area contributed by atoms with Crippen molar-refractivity contribution in [2.75, 3.05) is 6.54 Å². The van der Waals surface area contributed by atoms with Gasteiger partial charge in [0.25, 0.3) is 5.76 Å². The van der Waals surface area contributed by atoms with Crippen molar-refractivity contribution in [3.63, 3.8) is 0 Å². The average Bonchev–Trinajstić information content (AvgIpc) is 2.74. The molecule has 1 aromatic rings. The van der Waals surface area contributed by atoms with E-state index in [1.807, 2.05) is 6.92 Å². The van der Waals surface area contributed by atoms with Gasteiger partial charge in [-0.2, -0.15) is 8.78 Å². The fourth-order valence-electron chi connectivity index (χ4n) is 1.32. The summed E-state index contributed by atoms with van der Waals surface area (Å²) < 4.78 is 29.3. The molecule has 0 amide bonds. The van der Waals surface area contributed by atoms with E-state index in [9.17, 15) is 13.9 Å². The topological polar surface area (TPSA) is 45.4 Å². The first-order valence-corrected chi connectivity index (χ1v) is 6.88. The van der Waals surface area contributed by atoms with Crippen molar-refractivity contribution in [1.29, 1.82) is 0 Å². The summed E-state index contributed by atoms with van der Waals surface area (Å²) in [6.45, 7) is 4.61. The molecule has 0 saturated heterocycles. The third kappa shape index (κ3) is 5.84.